The molecule has 1 aromatic heterocycles. The maximum Gasteiger partial charge on any atom is 0.319 e. The van der Waals surface area contributed by atoms with E-state index in [0.29, 0.717) is 24.0 Å². The third kappa shape index (κ3) is 4.09. The van der Waals surface area contributed by atoms with Crippen LogP contribution in [0.15, 0.2) is 18.3 Å². The van der Waals surface area contributed by atoms with Crippen LogP contribution in [0.1, 0.15) is 12.8 Å². The molecule has 0 saturated carbocycles. The van der Waals surface area contributed by atoms with Gasteiger partial charge in [-0.15, -0.1) is 0 Å². The van der Waals surface area contributed by atoms with Gasteiger partial charge in [-0.1, -0.05) is 0 Å². The maximum absolute atomic E-state index is 11.9. The number of aromatic nitrogens is 1. The Balaban J connectivity index is 1.80. The normalized spacial score (nSPS) is 19.4. The molecule has 6 nitrogen and oxygen atoms in total. The minimum atomic E-state index is -0.218. The zero-order valence-electron chi connectivity index (χ0n) is 12.1. The lowest BCUT2D eigenvalue weighted by molar-refractivity contribution is 0.204. The number of pyridine rings is 1. The first-order valence-electron chi connectivity index (χ1n) is 6.91. The molecule has 0 aliphatic carbocycles. The minimum absolute atomic E-state index is 0.218. The van der Waals surface area contributed by atoms with Crippen molar-refractivity contribution in [2.75, 3.05) is 39.1 Å². The number of carbonyl (C=O) groups is 1. The minimum Gasteiger partial charge on any atom is -0.480 e. The second-order valence-electron chi connectivity index (χ2n) is 5.17. The number of carbonyl (C=O) groups excluding carboxylic acids is 1. The van der Waals surface area contributed by atoms with Gasteiger partial charge in [0.05, 0.1) is 7.11 Å². The number of ether oxygens (including phenoxy) is 1. The monoisotopic (exact) mass is 278 g/mol. The summed E-state index contributed by atoms with van der Waals surface area (Å²) in [4.78, 5) is 18.2. The number of rotatable bonds is 4. The van der Waals surface area contributed by atoms with Gasteiger partial charge in [-0.05, 0) is 44.5 Å². The number of nitrogens with one attached hydrogen (secondary N) is 2. The highest BCUT2D eigenvalue weighted by Gasteiger charge is 2.17. The van der Waals surface area contributed by atoms with Crippen LogP contribution < -0.4 is 15.4 Å². The van der Waals surface area contributed by atoms with Gasteiger partial charge in [0.2, 0.25) is 5.88 Å². The smallest absolute Gasteiger partial charge is 0.319 e. The van der Waals surface area contributed by atoms with E-state index in [4.69, 9.17) is 4.74 Å². The summed E-state index contributed by atoms with van der Waals surface area (Å²) in [5, 5.41) is 5.67. The van der Waals surface area contributed by atoms with Gasteiger partial charge in [0.1, 0.15) is 5.69 Å². The lowest BCUT2D eigenvalue weighted by Crippen LogP contribution is -2.40. The van der Waals surface area contributed by atoms with Crippen molar-refractivity contribution in [1.29, 1.82) is 0 Å². The quantitative estimate of drug-likeness (QED) is 0.877. The van der Waals surface area contributed by atoms with Crippen molar-refractivity contribution >= 4 is 11.7 Å². The Bertz CT molecular complexity index is 453. The van der Waals surface area contributed by atoms with E-state index in [1.807, 2.05) is 0 Å². The summed E-state index contributed by atoms with van der Waals surface area (Å²) < 4.78 is 5.09. The summed E-state index contributed by atoms with van der Waals surface area (Å²) in [6.45, 7) is 2.88. The van der Waals surface area contributed by atoms with Crippen LogP contribution in [0.3, 0.4) is 0 Å². The molecule has 6 heteroatoms. The van der Waals surface area contributed by atoms with Crippen molar-refractivity contribution in [3.63, 3.8) is 0 Å². The van der Waals surface area contributed by atoms with E-state index in [9.17, 15) is 4.79 Å². The number of likely N-dealkylation sites (tertiary alicyclic amines) is 1. The van der Waals surface area contributed by atoms with Gasteiger partial charge in [-0.3, -0.25) is 0 Å². The van der Waals surface area contributed by atoms with Gasteiger partial charge in [0, 0.05) is 19.3 Å². The topological polar surface area (TPSA) is 66.5 Å². The van der Waals surface area contributed by atoms with E-state index < -0.39 is 0 Å². The fourth-order valence-electron chi connectivity index (χ4n) is 2.49. The summed E-state index contributed by atoms with van der Waals surface area (Å²) >= 11 is 0. The molecule has 0 bridgehead atoms. The van der Waals surface area contributed by atoms with Gasteiger partial charge in [-0.2, -0.15) is 0 Å². The first kappa shape index (κ1) is 14.6. The second kappa shape index (κ2) is 7.09. The molecule has 1 atom stereocenters. The summed E-state index contributed by atoms with van der Waals surface area (Å²) in [6.07, 6.45) is 3.99. The van der Waals surface area contributed by atoms with Crippen LogP contribution in [0.2, 0.25) is 0 Å². The van der Waals surface area contributed by atoms with Gasteiger partial charge in [-0.25, -0.2) is 9.78 Å². The molecule has 1 fully saturated rings. The molecule has 0 unspecified atom stereocenters. The number of methoxy groups -OCH3 is 1. The largest absolute Gasteiger partial charge is 0.480 e. The second-order valence-corrected chi connectivity index (χ2v) is 5.17. The number of anilines is 1. The van der Waals surface area contributed by atoms with Crippen LogP contribution in [0.4, 0.5) is 10.5 Å². The van der Waals surface area contributed by atoms with E-state index in [-0.39, 0.29) is 6.03 Å². The fraction of sp³-hybridized carbons (Fsp3) is 0.571. The number of hydrogen-bond donors (Lipinski definition) is 2. The highest BCUT2D eigenvalue weighted by molar-refractivity contribution is 5.90. The molecular formula is C14H22N4O2. The number of nitrogens with zero attached hydrogens (tertiary/aromatic N) is 2. The van der Waals surface area contributed by atoms with Crippen molar-refractivity contribution in [2.45, 2.75) is 12.8 Å². The van der Waals surface area contributed by atoms with E-state index in [0.717, 1.165) is 13.1 Å². The molecule has 1 aliphatic rings. The lowest BCUT2D eigenvalue weighted by atomic mass is 9.99. The van der Waals surface area contributed by atoms with Crippen LogP contribution in [-0.4, -0.2) is 49.7 Å². The number of hydrogen-bond acceptors (Lipinski definition) is 4. The van der Waals surface area contributed by atoms with E-state index in [1.54, 1.807) is 18.3 Å². The van der Waals surface area contributed by atoms with Crippen molar-refractivity contribution in [3.05, 3.63) is 18.3 Å². The number of amides is 2. The SMILES string of the molecule is COc1ncccc1NC(=O)NC[C@@H]1CCCN(C)C1. The Hall–Kier alpha value is -1.82. The van der Waals surface area contributed by atoms with E-state index in [2.05, 4.69) is 27.6 Å². The zero-order valence-corrected chi connectivity index (χ0v) is 12.1. The highest BCUT2D eigenvalue weighted by Crippen LogP contribution is 2.19. The Kier molecular flexibility index (Phi) is 5.17. The van der Waals surface area contributed by atoms with E-state index in [1.165, 1.54) is 20.0 Å². The molecule has 0 radical (unpaired) electrons. The van der Waals surface area contributed by atoms with Gasteiger partial charge >= 0.3 is 6.03 Å². The third-order valence-corrected chi connectivity index (χ3v) is 3.49. The molecule has 2 N–H and O–H groups in total. The van der Waals surface area contributed by atoms with Crippen LogP contribution in [-0.2, 0) is 0 Å². The standard InChI is InChI=1S/C14H22N4O2/c1-18-8-4-5-11(10-18)9-16-14(19)17-12-6-3-7-15-13(12)20-2/h3,6-7,11H,4-5,8-10H2,1-2H3,(H2,16,17,19)/t11-/m0/s1. The van der Waals surface area contributed by atoms with Gasteiger partial charge in [0.15, 0.2) is 0 Å². The molecular weight excluding hydrogens is 256 g/mol. The summed E-state index contributed by atoms with van der Waals surface area (Å²) in [5.74, 6) is 0.940. The molecule has 1 aromatic rings. The Labute approximate surface area is 119 Å². The Morgan fingerprint density at radius 1 is 1.60 bits per heavy atom. The summed E-state index contributed by atoms with van der Waals surface area (Å²) in [7, 11) is 3.65. The van der Waals surface area contributed by atoms with Gasteiger partial charge < -0.3 is 20.3 Å². The summed E-state index contributed by atoms with van der Waals surface area (Å²) in [6, 6.07) is 3.30. The van der Waals surface area contributed by atoms with E-state index >= 15 is 0 Å². The van der Waals surface area contributed by atoms with Crippen molar-refractivity contribution in [1.82, 2.24) is 15.2 Å². The predicted octanol–water partition coefficient (Wildman–Crippen LogP) is 1.55. The Morgan fingerprint density at radius 2 is 2.45 bits per heavy atom. The molecule has 2 amide bonds. The van der Waals surface area contributed by atoms with Gasteiger partial charge in [0.25, 0.3) is 0 Å². The number of piperidine rings is 1. The molecule has 110 valence electrons. The van der Waals surface area contributed by atoms with Crippen LogP contribution >= 0.6 is 0 Å². The Morgan fingerprint density at radius 3 is 3.20 bits per heavy atom. The molecule has 20 heavy (non-hydrogen) atoms. The van der Waals surface area contributed by atoms with Crippen molar-refractivity contribution in [2.24, 2.45) is 5.92 Å². The predicted molar refractivity (Wildman–Crippen MR) is 78.0 cm³/mol. The fourth-order valence-corrected chi connectivity index (χ4v) is 2.49. The highest BCUT2D eigenvalue weighted by atomic mass is 16.5. The molecule has 2 rings (SSSR count). The first-order chi connectivity index (χ1) is 9.69. The molecule has 1 saturated heterocycles. The van der Waals surface area contributed by atoms with Crippen LogP contribution in [0.5, 0.6) is 5.88 Å². The first-order valence-corrected chi connectivity index (χ1v) is 6.91. The molecule has 0 aromatic carbocycles. The van der Waals surface area contributed by atoms with Crippen molar-refractivity contribution in [3.8, 4) is 5.88 Å². The summed E-state index contributed by atoms with van der Waals surface area (Å²) in [5.41, 5.74) is 0.577. The molecule has 1 aliphatic heterocycles. The molecule has 0 spiro atoms. The van der Waals surface area contributed by atoms with Crippen LogP contribution in [0.25, 0.3) is 0 Å². The van der Waals surface area contributed by atoms with Crippen molar-refractivity contribution < 1.29 is 9.53 Å². The maximum atomic E-state index is 11.9. The third-order valence-electron chi connectivity index (χ3n) is 3.49. The average Bonchev–Trinajstić information content (AvgIpc) is 2.46. The van der Waals surface area contributed by atoms with Crippen LogP contribution in [0, 0.1) is 5.92 Å². The number of urea groups is 1. The molecule has 2 heterocycles. The average molecular weight is 278 g/mol. The lowest BCUT2D eigenvalue weighted by Gasteiger charge is -2.29. The zero-order chi connectivity index (χ0) is 14.4.